The first-order valence-corrected chi connectivity index (χ1v) is 8.44. The van der Waals surface area contributed by atoms with Gasteiger partial charge in [-0.1, -0.05) is 36.4 Å². The van der Waals surface area contributed by atoms with Crippen LogP contribution >= 0.6 is 0 Å². The molecule has 4 rings (SSSR count). The van der Waals surface area contributed by atoms with Crippen molar-refractivity contribution in [1.29, 1.82) is 0 Å². The van der Waals surface area contributed by atoms with Crippen molar-refractivity contribution in [3.8, 4) is 11.3 Å². The Morgan fingerprint density at radius 2 is 1.96 bits per heavy atom. The van der Waals surface area contributed by atoms with E-state index in [1.54, 1.807) is 12.4 Å². The molecule has 0 bridgehead atoms. The van der Waals surface area contributed by atoms with Gasteiger partial charge in [-0.25, -0.2) is 4.98 Å². The highest BCUT2D eigenvalue weighted by atomic mass is 16.3. The lowest BCUT2D eigenvalue weighted by Gasteiger charge is -2.17. The summed E-state index contributed by atoms with van der Waals surface area (Å²) in [6.07, 6.45) is 3.40. The van der Waals surface area contributed by atoms with Crippen molar-refractivity contribution in [3.05, 3.63) is 72.2 Å². The molecule has 0 fully saturated rings. The number of benzene rings is 2. The predicted octanol–water partition coefficient (Wildman–Crippen LogP) is 3.47. The van der Waals surface area contributed by atoms with Crippen molar-refractivity contribution >= 4 is 16.7 Å². The SMILES string of the molecule is Cc1[nH]nc2ccc(-c3cncc(N[C@@H](CO)c4ccccc4)n3)cc12. The monoisotopic (exact) mass is 345 g/mol. The summed E-state index contributed by atoms with van der Waals surface area (Å²) in [4.78, 5) is 8.96. The Hall–Kier alpha value is -3.25. The summed E-state index contributed by atoms with van der Waals surface area (Å²) in [6.45, 7) is 1.96. The Labute approximate surface area is 151 Å². The van der Waals surface area contributed by atoms with Crippen LogP contribution in [0.2, 0.25) is 0 Å². The second kappa shape index (κ2) is 6.93. The van der Waals surface area contributed by atoms with Gasteiger partial charge in [0.05, 0.1) is 36.3 Å². The van der Waals surface area contributed by atoms with Crippen LogP contribution in [0, 0.1) is 6.92 Å². The van der Waals surface area contributed by atoms with Crippen molar-refractivity contribution in [3.63, 3.8) is 0 Å². The van der Waals surface area contributed by atoms with Gasteiger partial charge in [-0.3, -0.25) is 10.1 Å². The molecule has 1 atom stereocenters. The number of aryl methyl sites for hydroxylation is 1. The zero-order chi connectivity index (χ0) is 17.9. The van der Waals surface area contributed by atoms with E-state index in [2.05, 4.69) is 31.5 Å². The molecule has 0 spiro atoms. The Bertz CT molecular complexity index is 1030. The number of aliphatic hydroxyl groups excluding tert-OH is 1. The molecule has 0 radical (unpaired) electrons. The van der Waals surface area contributed by atoms with Gasteiger partial charge < -0.3 is 10.4 Å². The third-order valence-corrected chi connectivity index (χ3v) is 4.38. The van der Waals surface area contributed by atoms with Crippen LogP contribution in [-0.2, 0) is 0 Å². The fourth-order valence-electron chi connectivity index (χ4n) is 2.97. The van der Waals surface area contributed by atoms with E-state index in [0.29, 0.717) is 5.82 Å². The van der Waals surface area contributed by atoms with Crippen LogP contribution in [0.5, 0.6) is 0 Å². The molecule has 6 heteroatoms. The molecule has 0 saturated carbocycles. The van der Waals surface area contributed by atoms with Crippen LogP contribution in [-0.4, -0.2) is 31.9 Å². The smallest absolute Gasteiger partial charge is 0.145 e. The Balaban J connectivity index is 1.64. The third-order valence-electron chi connectivity index (χ3n) is 4.38. The van der Waals surface area contributed by atoms with E-state index in [0.717, 1.165) is 33.4 Å². The number of anilines is 1. The van der Waals surface area contributed by atoms with Gasteiger partial charge in [0, 0.05) is 16.6 Å². The fraction of sp³-hybridized carbons (Fsp3) is 0.150. The number of nitrogens with one attached hydrogen (secondary N) is 2. The standard InChI is InChI=1S/C20H19N5O/c1-13-16-9-15(7-8-17(16)25-24-13)18-10-21-11-20(22-18)23-19(12-26)14-5-3-2-4-6-14/h2-11,19,26H,12H2,1H3,(H,22,23)(H,24,25)/t19-/m0/s1. The molecular weight excluding hydrogens is 326 g/mol. The number of hydrogen-bond donors (Lipinski definition) is 3. The van der Waals surface area contributed by atoms with E-state index in [-0.39, 0.29) is 12.6 Å². The van der Waals surface area contributed by atoms with Crippen LogP contribution < -0.4 is 5.32 Å². The molecule has 2 aromatic carbocycles. The van der Waals surface area contributed by atoms with Crippen LogP contribution in [0.15, 0.2) is 60.9 Å². The second-order valence-electron chi connectivity index (χ2n) is 6.16. The highest BCUT2D eigenvalue weighted by Crippen LogP contribution is 2.25. The van der Waals surface area contributed by atoms with Crippen molar-refractivity contribution in [1.82, 2.24) is 20.2 Å². The Morgan fingerprint density at radius 1 is 1.12 bits per heavy atom. The van der Waals surface area contributed by atoms with Gasteiger partial charge in [0.2, 0.25) is 0 Å². The number of fused-ring (bicyclic) bond motifs is 1. The number of hydrogen-bond acceptors (Lipinski definition) is 5. The van der Waals surface area contributed by atoms with Crippen LogP contribution in [0.3, 0.4) is 0 Å². The number of aromatic nitrogens is 4. The molecule has 2 aromatic heterocycles. The minimum atomic E-state index is -0.237. The number of aromatic amines is 1. The number of aliphatic hydroxyl groups is 1. The maximum atomic E-state index is 9.73. The summed E-state index contributed by atoms with van der Waals surface area (Å²) in [5.41, 5.74) is 4.68. The maximum absolute atomic E-state index is 9.73. The van der Waals surface area contributed by atoms with Crippen molar-refractivity contribution < 1.29 is 5.11 Å². The van der Waals surface area contributed by atoms with Gasteiger partial charge in [0.15, 0.2) is 0 Å². The van der Waals surface area contributed by atoms with E-state index in [9.17, 15) is 5.11 Å². The van der Waals surface area contributed by atoms with Gasteiger partial charge in [0.1, 0.15) is 5.82 Å². The number of nitrogens with zero attached hydrogens (tertiary/aromatic N) is 3. The molecular formula is C20H19N5O. The van der Waals surface area contributed by atoms with Crippen molar-refractivity contribution in [2.45, 2.75) is 13.0 Å². The third kappa shape index (κ3) is 3.14. The predicted molar refractivity (Wildman–Crippen MR) is 102 cm³/mol. The average Bonchev–Trinajstić information content (AvgIpc) is 3.07. The van der Waals surface area contributed by atoms with E-state index in [4.69, 9.17) is 0 Å². The fourth-order valence-corrected chi connectivity index (χ4v) is 2.97. The molecule has 0 aliphatic carbocycles. The summed E-state index contributed by atoms with van der Waals surface area (Å²) in [7, 11) is 0. The first kappa shape index (κ1) is 16.2. The lowest BCUT2D eigenvalue weighted by molar-refractivity contribution is 0.276. The molecule has 0 aliphatic heterocycles. The highest BCUT2D eigenvalue weighted by molar-refractivity contribution is 5.85. The van der Waals surface area contributed by atoms with Gasteiger partial charge >= 0.3 is 0 Å². The Kier molecular flexibility index (Phi) is 4.33. The lowest BCUT2D eigenvalue weighted by atomic mass is 10.1. The van der Waals surface area contributed by atoms with E-state index in [1.807, 2.05) is 49.4 Å². The average molecular weight is 345 g/mol. The summed E-state index contributed by atoms with van der Waals surface area (Å²) in [5.74, 6) is 0.620. The van der Waals surface area contributed by atoms with E-state index >= 15 is 0 Å². The van der Waals surface area contributed by atoms with Gasteiger partial charge in [-0.15, -0.1) is 0 Å². The van der Waals surface area contributed by atoms with Crippen LogP contribution in [0.1, 0.15) is 17.3 Å². The molecule has 2 heterocycles. The lowest BCUT2D eigenvalue weighted by Crippen LogP contribution is -2.15. The molecule has 0 saturated heterocycles. The van der Waals surface area contributed by atoms with Gasteiger partial charge in [-0.2, -0.15) is 5.10 Å². The Morgan fingerprint density at radius 3 is 2.77 bits per heavy atom. The zero-order valence-corrected chi connectivity index (χ0v) is 14.3. The second-order valence-corrected chi connectivity index (χ2v) is 6.16. The van der Waals surface area contributed by atoms with Crippen molar-refractivity contribution in [2.75, 3.05) is 11.9 Å². The summed E-state index contributed by atoms with van der Waals surface area (Å²) in [6, 6.07) is 15.6. The first-order valence-electron chi connectivity index (χ1n) is 8.44. The highest BCUT2D eigenvalue weighted by Gasteiger charge is 2.12. The maximum Gasteiger partial charge on any atom is 0.145 e. The molecule has 4 aromatic rings. The quantitative estimate of drug-likeness (QED) is 0.515. The molecule has 6 nitrogen and oxygen atoms in total. The molecule has 0 amide bonds. The van der Waals surface area contributed by atoms with Crippen LogP contribution in [0.4, 0.5) is 5.82 Å². The molecule has 3 N–H and O–H groups in total. The van der Waals surface area contributed by atoms with Gasteiger partial charge in [0.25, 0.3) is 0 Å². The molecule has 130 valence electrons. The van der Waals surface area contributed by atoms with Crippen molar-refractivity contribution in [2.24, 2.45) is 0 Å². The summed E-state index contributed by atoms with van der Waals surface area (Å²) in [5, 5.41) is 21.3. The van der Waals surface area contributed by atoms with Crippen LogP contribution in [0.25, 0.3) is 22.2 Å². The normalized spacial score (nSPS) is 12.2. The molecule has 26 heavy (non-hydrogen) atoms. The number of H-pyrrole nitrogens is 1. The van der Waals surface area contributed by atoms with Gasteiger partial charge in [-0.05, 0) is 24.6 Å². The zero-order valence-electron chi connectivity index (χ0n) is 14.3. The largest absolute Gasteiger partial charge is 0.394 e. The number of rotatable bonds is 5. The van der Waals surface area contributed by atoms with E-state index in [1.165, 1.54) is 0 Å². The minimum absolute atomic E-state index is 0.0317. The summed E-state index contributed by atoms with van der Waals surface area (Å²) < 4.78 is 0. The molecule has 0 unspecified atom stereocenters. The first-order chi connectivity index (χ1) is 12.7. The van der Waals surface area contributed by atoms with E-state index < -0.39 is 0 Å². The topological polar surface area (TPSA) is 86.7 Å². The summed E-state index contributed by atoms with van der Waals surface area (Å²) >= 11 is 0. The molecule has 0 aliphatic rings. The minimum Gasteiger partial charge on any atom is -0.394 e.